The topological polar surface area (TPSA) is 81.9 Å². The fourth-order valence-electron chi connectivity index (χ4n) is 3.21. The van der Waals surface area contributed by atoms with Crippen molar-refractivity contribution in [1.82, 2.24) is 24.5 Å². The molecule has 0 bridgehead atoms. The Bertz CT molecular complexity index is 1300. The van der Waals surface area contributed by atoms with Gasteiger partial charge in [-0.05, 0) is 31.2 Å². The van der Waals surface area contributed by atoms with Gasteiger partial charge in [-0.1, -0.05) is 30.2 Å². The van der Waals surface area contributed by atoms with Crippen LogP contribution in [0.1, 0.15) is 21.6 Å². The number of carbonyl (C=O) groups is 1. The van der Waals surface area contributed by atoms with Gasteiger partial charge in [-0.25, -0.2) is 14.5 Å². The number of pyridine rings is 1. The van der Waals surface area contributed by atoms with E-state index in [2.05, 4.69) is 38.9 Å². The molecule has 0 saturated carbocycles. The number of imidazole rings is 1. The SMILES string of the molecule is CN1CCOCC1.COc1ccc(C#Cc2cnc3ccc(-c4ccc(C=O)cc4)nn23)cn1. The number of fused-ring (bicyclic) bond motifs is 1. The molecule has 4 heterocycles. The Kier molecular flexibility index (Phi) is 7.60. The lowest BCUT2D eigenvalue weighted by atomic mass is 10.1. The first-order valence-electron chi connectivity index (χ1n) is 10.8. The Morgan fingerprint density at radius 1 is 0.971 bits per heavy atom. The molecule has 4 aromatic rings. The molecule has 1 saturated heterocycles. The molecule has 34 heavy (non-hydrogen) atoms. The highest BCUT2D eigenvalue weighted by Crippen LogP contribution is 2.18. The number of aromatic nitrogens is 4. The van der Waals surface area contributed by atoms with E-state index < -0.39 is 0 Å². The van der Waals surface area contributed by atoms with E-state index in [1.807, 2.05) is 30.3 Å². The summed E-state index contributed by atoms with van der Waals surface area (Å²) in [5.74, 6) is 6.68. The van der Waals surface area contributed by atoms with Gasteiger partial charge in [0.25, 0.3) is 0 Å². The van der Waals surface area contributed by atoms with Gasteiger partial charge in [-0.3, -0.25) is 4.79 Å². The third-order valence-corrected chi connectivity index (χ3v) is 5.22. The second-order valence-corrected chi connectivity index (χ2v) is 7.63. The number of rotatable bonds is 3. The van der Waals surface area contributed by atoms with Gasteiger partial charge in [-0.2, -0.15) is 5.10 Å². The molecular formula is C26H25N5O3. The lowest BCUT2D eigenvalue weighted by Gasteiger charge is -2.21. The first-order chi connectivity index (χ1) is 16.7. The molecule has 8 heteroatoms. The van der Waals surface area contributed by atoms with Crippen molar-refractivity contribution in [3.63, 3.8) is 0 Å². The molecule has 0 aliphatic carbocycles. The first-order valence-corrected chi connectivity index (χ1v) is 10.8. The second kappa shape index (κ2) is 11.2. The number of likely N-dealkylation sites (N-methyl/N-ethyl adjacent to an activating group) is 1. The Balaban J connectivity index is 0.000000336. The largest absolute Gasteiger partial charge is 0.481 e. The van der Waals surface area contributed by atoms with Crippen LogP contribution in [0.3, 0.4) is 0 Å². The first kappa shape index (κ1) is 23.1. The minimum Gasteiger partial charge on any atom is -0.481 e. The molecule has 0 amide bonds. The number of hydrogen-bond acceptors (Lipinski definition) is 7. The van der Waals surface area contributed by atoms with Crippen molar-refractivity contribution in [2.24, 2.45) is 0 Å². The summed E-state index contributed by atoms with van der Waals surface area (Å²) >= 11 is 0. The van der Waals surface area contributed by atoms with E-state index in [1.54, 1.807) is 42.2 Å². The third kappa shape index (κ3) is 5.84. The fourth-order valence-corrected chi connectivity index (χ4v) is 3.21. The monoisotopic (exact) mass is 455 g/mol. The zero-order chi connectivity index (χ0) is 23.8. The molecule has 1 aromatic carbocycles. The summed E-state index contributed by atoms with van der Waals surface area (Å²) in [5, 5.41) is 4.63. The van der Waals surface area contributed by atoms with E-state index in [4.69, 9.17) is 9.47 Å². The van der Waals surface area contributed by atoms with Crippen LogP contribution in [0.5, 0.6) is 5.88 Å². The van der Waals surface area contributed by atoms with Gasteiger partial charge in [0.2, 0.25) is 5.88 Å². The van der Waals surface area contributed by atoms with Crippen molar-refractivity contribution in [2.75, 3.05) is 40.5 Å². The van der Waals surface area contributed by atoms with Crippen LogP contribution >= 0.6 is 0 Å². The van der Waals surface area contributed by atoms with Crippen LogP contribution in [-0.4, -0.2) is 71.2 Å². The van der Waals surface area contributed by atoms with Crippen molar-refractivity contribution in [3.8, 4) is 29.0 Å². The fraction of sp³-hybridized carbons (Fsp3) is 0.231. The van der Waals surface area contributed by atoms with E-state index in [0.717, 1.165) is 49.4 Å². The summed E-state index contributed by atoms with van der Waals surface area (Å²) in [7, 11) is 3.68. The summed E-state index contributed by atoms with van der Waals surface area (Å²) in [6.45, 7) is 4.02. The molecule has 5 rings (SSSR count). The van der Waals surface area contributed by atoms with E-state index in [0.29, 0.717) is 22.8 Å². The highest BCUT2D eigenvalue weighted by atomic mass is 16.5. The number of methoxy groups -OCH3 is 1. The minimum atomic E-state index is 0.544. The van der Waals surface area contributed by atoms with E-state index in [1.165, 1.54) is 0 Å². The maximum atomic E-state index is 10.8. The quantitative estimate of drug-likeness (QED) is 0.347. The van der Waals surface area contributed by atoms with Crippen molar-refractivity contribution < 1.29 is 14.3 Å². The summed E-state index contributed by atoms with van der Waals surface area (Å²) in [6, 6.07) is 14.6. The Morgan fingerprint density at radius 3 is 2.38 bits per heavy atom. The number of ether oxygens (including phenoxy) is 2. The summed E-state index contributed by atoms with van der Waals surface area (Å²) in [4.78, 5) is 21.6. The number of nitrogens with zero attached hydrogens (tertiary/aromatic N) is 5. The van der Waals surface area contributed by atoms with Gasteiger partial charge in [0.05, 0.1) is 32.2 Å². The van der Waals surface area contributed by atoms with Crippen molar-refractivity contribution in [1.29, 1.82) is 0 Å². The van der Waals surface area contributed by atoms with Crippen LogP contribution in [0.4, 0.5) is 0 Å². The predicted octanol–water partition coefficient (Wildman–Crippen LogP) is 2.96. The standard InChI is InChI=1S/C21H14N4O2.C5H11NO/c1-27-21-11-5-15(12-23-21)4-8-18-13-22-20-10-9-19(24-25(18)20)17-6-2-16(14-26)3-7-17;1-6-2-4-7-5-3-6/h2-3,5-7,9-14H,1H3;2-5H2,1H3. The zero-order valence-electron chi connectivity index (χ0n) is 19.1. The number of morpholine rings is 1. The third-order valence-electron chi connectivity index (χ3n) is 5.22. The van der Waals surface area contributed by atoms with Gasteiger partial charge in [0.15, 0.2) is 5.65 Å². The van der Waals surface area contributed by atoms with Crippen molar-refractivity contribution >= 4 is 11.9 Å². The van der Waals surface area contributed by atoms with Gasteiger partial charge < -0.3 is 14.4 Å². The maximum Gasteiger partial charge on any atom is 0.212 e. The van der Waals surface area contributed by atoms with Crippen molar-refractivity contribution in [3.05, 3.63) is 77.7 Å². The number of hydrogen-bond donors (Lipinski definition) is 0. The summed E-state index contributed by atoms with van der Waals surface area (Å²) in [6.07, 6.45) is 4.16. The molecule has 1 aliphatic rings. The molecule has 0 unspecified atom stereocenters. The number of aldehydes is 1. The minimum absolute atomic E-state index is 0.544. The van der Waals surface area contributed by atoms with Crippen LogP contribution in [0.15, 0.2) is 60.9 Å². The molecule has 0 N–H and O–H groups in total. The Labute approximate surface area is 198 Å². The predicted molar refractivity (Wildman–Crippen MR) is 129 cm³/mol. The van der Waals surface area contributed by atoms with Crippen LogP contribution in [0.2, 0.25) is 0 Å². The number of carbonyl (C=O) groups excluding carboxylic acids is 1. The Morgan fingerprint density at radius 2 is 1.76 bits per heavy atom. The summed E-state index contributed by atoms with van der Waals surface area (Å²) < 4.78 is 11.8. The Hall–Kier alpha value is -4.06. The zero-order valence-corrected chi connectivity index (χ0v) is 19.1. The summed E-state index contributed by atoms with van der Waals surface area (Å²) in [5.41, 5.74) is 4.46. The maximum absolute atomic E-state index is 10.8. The van der Waals surface area contributed by atoms with Gasteiger partial charge >= 0.3 is 0 Å². The van der Waals surface area contributed by atoms with Crippen molar-refractivity contribution in [2.45, 2.75) is 0 Å². The highest BCUT2D eigenvalue weighted by Gasteiger charge is 2.06. The van der Waals surface area contributed by atoms with Crippen LogP contribution in [0.25, 0.3) is 16.9 Å². The van der Waals surface area contributed by atoms with E-state index in [9.17, 15) is 4.79 Å². The molecule has 8 nitrogen and oxygen atoms in total. The van der Waals surface area contributed by atoms with Gasteiger partial charge in [0.1, 0.15) is 12.0 Å². The van der Waals surface area contributed by atoms with Crippen LogP contribution < -0.4 is 4.74 Å². The number of benzene rings is 1. The molecule has 0 spiro atoms. The van der Waals surface area contributed by atoms with Gasteiger partial charge in [-0.15, -0.1) is 0 Å². The molecule has 172 valence electrons. The van der Waals surface area contributed by atoms with Gasteiger partial charge in [0, 0.05) is 42.0 Å². The van der Waals surface area contributed by atoms with Crippen LogP contribution in [-0.2, 0) is 4.74 Å². The van der Waals surface area contributed by atoms with E-state index >= 15 is 0 Å². The highest BCUT2D eigenvalue weighted by molar-refractivity contribution is 5.76. The molecule has 1 fully saturated rings. The molecule has 1 aliphatic heterocycles. The molecule has 0 atom stereocenters. The van der Waals surface area contributed by atoms with Crippen LogP contribution in [0, 0.1) is 11.8 Å². The average molecular weight is 456 g/mol. The average Bonchev–Trinajstić information content (AvgIpc) is 3.31. The lowest BCUT2D eigenvalue weighted by Crippen LogP contribution is -2.32. The lowest BCUT2D eigenvalue weighted by molar-refractivity contribution is 0.0503. The second-order valence-electron chi connectivity index (χ2n) is 7.63. The molecule has 3 aromatic heterocycles. The smallest absolute Gasteiger partial charge is 0.212 e. The normalized spacial score (nSPS) is 13.4. The van der Waals surface area contributed by atoms with E-state index in [-0.39, 0.29) is 0 Å². The molecular weight excluding hydrogens is 430 g/mol. The molecule has 0 radical (unpaired) electrons.